The first kappa shape index (κ1) is 25.7. The summed E-state index contributed by atoms with van der Waals surface area (Å²) in [5.41, 5.74) is 0.890. The number of carbonyl (C=O) groups excluding carboxylic acids is 2. The van der Waals surface area contributed by atoms with Crippen LogP contribution in [0.25, 0.3) is 10.8 Å². The molecule has 4 rings (SSSR count). The zero-order chi connectivity index (χ0) is 25.7. The van der Waals surface area contributed by atoms with Crippen LogP contribution in [0.4, 0.5) is 0 Å². The summed E-state index contributed by atoms with van der Waals surface area (Å²) in [7, 11) is -2.08. The highest BCUT2D eigenvalue weighted by atomic mass is 32.2. The summed E-state index contributed by atoms with van der Waals surface area (Å²) in [6.45, 7) is 1.99. The van der Waals surface area contributed by atoms with Gasteiger partial charge in [0.1, 0.15) is 11.8 Å². The summed E-state index contributed by atoms with van der Waals surface area (Å²) >= 11 is 0. The highest BCUT2D eigenvalue weighted by Crippen LogP contribution is 2.27. The van der Waals surface area contributed by atoms with Crippen LogP contribution in [0.1, 0.15) is 25.3 Å². The van der Waals surface area contributed by atoms with E-state index in [1.807, 2.05) is 54.6 Å². The Bertz CT molecular complexity index is 1330. The largest absolute Gasteiger partial charge is 0.497 e. The standard InChI is InChI=1S/C27H31N3O5S/c1-19(31)28-25(18-20-10-12-23(35-2)13-11-20)27(32)29-22-14-16-30(17-15-22)36(33,34)26-9-5-7-21-6-3-4-8-24(21)26/h3-13,22,25H,14-18H2,1-2H3,(H,28,31)(H,29,32)/t25-/m1/s1. The lowest BCUT2D eigenvalue weighted by Gasteiger charge is -2.32. The van der Waals surface area contributed by atoms with E-state index in [0.717, 1.165) is 10.9 Å². The maximum Gasteiger partial charge on any atom is 0.243 e. The molecule has 0 radical (unpaired) electrons. The van der Waals surface area contributed by atoms with Gasteiger partial charge < -0.3 is 15.4 Å². The number of fused-ring (bicyclic) bond motifs is 1. The van der Waals surface area contributed by atoms with Crippen LogP contribution in [0, 0.1) is 0 Å². The summed E-state index contributed by atoms with van der Waals surface area (Å²) in [6, 6.07) is 19.2. The van der Waals surface area contributed by atoms with Gasteiger partial charge in [-0.3, -0.25) is 9.59 Å². The molecule has 1 aliphatic heterocycles. The van der Waals surface area contributed by atoms with E-state index in [1.165, 1.54) is 11.2 Å². The number of amides is 2. The summed E-state index contributed by atoms with van der Waals surface area (Å²) in [5, 5.41) is 7.32. The molecule has 2 N–H and O–H groups in total. The Labute approximate surface area is 211 Å². The van der Waals surface area contributed by atoms with Gasteiger partial charge in [-0.15, -0.1) is 0 Å². The lowest BCUT2D eigenvalue weighted by atomic mass is 10.0. The molecule has 8 nitrogen and oxygen atoms in total. The molecule has 9 heteroatoms. The number of piperidine rings is 1. The Hall–Kier alpha value is -3.43. The molecule has 0 spiro atoms. The van der Waals surface area contributed by atoms with Crippen molar-refractivity contribution in [3.63, 3.8) is 0 Å². The maximum absolute atomic E-state index is 13.4. The van der Waals surface area contributed by atoms with E-state index >= 15 is 0 Å². The van der Waals surface area contributed by atoms with Crippen molar-refractivity contribution in [3.05, 3.63) is 72.3 Å². The minimum atomic E-state index is -3.67. The van der Waals surface area contributed by atoms with Crippen LogP contribution in [-0.4, -0.2) is 56.8 Å². The average molecular weight is 510 g/mol. The zero-order valence-corrected chi connectivity index (χ0v) is 21.3. The molecule has 0 saturated carbocycles. The number of hydrogen-bond acceptors (Lipinski definition) is 5. The van der Waals surface area contributed by atoms with E-state index in [-0.39, 0.29) is 17.9 Å². The first-order valence-electron chi connectivity index (χ1n) is 12.0. The predicted octanol–water partition coefficient (Wildman–Crippen LogP) is 2.87. The molecule has 1 heterocycles. The van der Waals surface area contributed by atoms with Gasteiger partial charge in [0, 0.05) is 37.9 Å². The minimum absolute atomic E-state index is 0.177. The Morgan fingerprint density at radius 1 is 1.00 bits per heavy atom. The molecular weight excluding hydrogens is 478 g/mol. The van der Waals surface area contributed by atoms with E-state index in [4.69, 9.17) is 4.74 Å². The van der Waals surface area contributed by atoms with Gasteiger partial charge in [-0.05, 0) is 42.0 Å². The van der Waals surface area contributed by atoms with Crippen LogP contribution in [0.5, 0.6) is 5.75 Å². The lowest BCUT2D eigenvalue weighted by Crippen LogP contribution is -2.53. The number of methoxy groups -OCH3 is 1. The van der Waals surface area contributed by atoms with Crippen molar-refractivity contribution in [3.8, 4) is 5.75 Å². The van der Waals surface area contributed by atoms with Crippen molar-refractivity contribution in [2.75, 3.05) is 20.2 Å². The third-order valence-corrected chi connectivity index (χ3v) is 8.42. The molecule has 0 aromatic heterocycles. The first-order chi connectivity index (χ1) is 17.3. The number of carbonyl (C=O) groups is 2. The SMILES string of the molecule is COc1ccc(C[C@@H](NC(C)=O)C(=O)NC2CCN(S(=O)(=O)c3cccc4ccccc34)CC2)cc1. The van der Waals surface area contributed by atoms with Crippen LogP contribution >= 0.6 is 0 Å². The molecule has 190 valence electrons. The second kappa shape index (κ2) is 11.1. The second-order valence-corrected chi connectivity index (χ2v) is 10.9. The average Bonchev–Trinajstić information content (AvgIpc) is 2.88. The first-order valence-corrected chi connectivity index (χ1v) is 13.4. The van der Waals surface area contributed by atoms with Crippen molar-refractivity contribution in [1.29, 1.82) is 0 Å². The van der Waals surface area contributed by atoms with Crippen LogP contribution in [0.2, 0.25) is 0 Å². The third-order valence-electron chi connectivity index (χ3n) is 6.46. The monoisotopic (exact) mass is 509 g/mol. The molecule has 3 aromatic rings. The van der Waals surface area contributed by atoms with Gasteiger partial charge in [0.05, 0.1) is 12.0 Å². The summed E-state index contributed by atoms with van der Waals surface area (Å²) < 4.78 is 33.4. The molecular formula is C27H31N3O5S. The number of nitrogens with one attached hydrogen (secondary N) is 2. The van der Waals surface area contributed by atoms with Gasteiger partial charge in [0.25, 0.3) is 0 Å². The molecule has 1 atom stereocenters. The fraction of sp³-hybridized carbons (Fsp3) is 0.333. The van der Waals surface area contributed by atoms with Gasteiger partial charge in [-0.1, -0.05) is 48.5 Å². The minimum Gasteiger partial charge on any atom is -0.497 e. The highest BCUT2D eigenvalue weighted by Gasteiger charge is 2.32. The number of benzene rings is 3. The summed E-state index contributed by atoms with van der Waals surface area (Å²) in [4.78, 5) is 25.1. The Balaban J connectivity index is 1.39. The summed E-state index contributed by atoms with van der Waals surface area (Å²) in [5.74, 6) is 0.139. The molecule has 0 bridgehead atoms. The van der Waals surface area contributed by atoms with Gasteiger partial charge in [-0.25, -0.2) is 8.42 Å². The van der Waals surface area contributed by atoms with Crippen LogP contribution in [-0.2, 0) is 26.0 Å². The smallest absolute Gasteiger partial charge is 0.243 e. The molecule has 1 fully saturated rings. The van der Waals surface area contributed by atoms with Crippen molar-refractivity contribution >= 4 is 32.6 Å². The fourth-order valence-corrected chi connectivity index (χ4v) is 6.24. The lowest BCUT2D eigenvalue weighted by molar-refractivity contribution is -0.128. The second-order valence-electron chi connectivity index (χ2n) is 8.97. The number of nitrogens with zero attached hydrogens (tertiary/aromatic N) is 1. The number of rotatable bonds is 8. The number of hydrogen-bond donors (Lipinski definition) is 2. The Morgan fingerprint density at radius 3 is 2.33 bits per heavy atom. The van der Waals surface area contributed by atoms with E-state index in [0.29, 0.717) is 48.4 Å². The third kappa shape index (κ3) is 5.85. The van der Waals surface area contributed by atoms with E-state index in [9.17, 15) is 18.0 Å². The van der Waals surface area contributed by atoms with Gasteiger partial charge in [0.2, 0.25) is 21.8 Å². The molecule has 3 aromatic carbocycles. The van der Waals surface area contributed by atoms with Crippen LogP contribution in [0.3, 0.4) is 0 Å². The topological polar surface area (TPSA) is 105 Å². The highest BCUT2D eigenvalue weighted by molar-refractivity contribution is 7.89. The molecule has 0 unspecified atom stereocenters. The fourth-order valence-electron chi connectivity index (χ4n) is 4.55. The predicted molar refractivity (Wildman–Crippen MR) is 138 cm³/mol. The van der Waals surface area contributed by atoms with Gasteiger partial charge in [0.15, 0.2) is 0 Å². The molecule has 1 saturated heterocycles. The van der Waals surface area contributed by atoms with Crippen LogP contribution in [0.15, 0.2) is 71.6 Å². The normalized spacial score (nSPS) is 15.8. The van der Waals surface area contributed by atoms with Crippen molar-refractivity contribution in [2.45, 2.75) is 43.2 Å². The van der Waals surface area contributed by atoms with Gasteiger partial charge in [-0.2, -0.15) is 4.31 Å². The van der Waals surface area contributed by atoms with E-state index in [2.05, 4.69) is 10.6 Å². The van der Waals surface area contributed by atoms with Gasteiger partial charge >= 0.3 is 0 Å². The quantitative estimate of drug-likeness (QED) is 0.486. The van der Waals surface area contributed by atoms with Crippen molar-refractivity contribution in [1.82, 2.24) is 14.9 Å². The molecule has 2 amide bonds. The Morgan fingerprint density at radius 2 is 1.67 bits per heavy atom. The maximum atomic E-state index is 13.4. The number of sulfonamides is 1. The molecule has 0 aliphatic carbocycles. The van der Waals surface area contributed by atoms with Crippen LogP contribution < -0.4 is 15.4 Å². The van der Waals surface area contributed by atoms with E-state index < -0.39 is 16.1 Å². The van der Waals surface area contributed by atoms with Crippen molar-refractivity contribution in [2.24, 2.45) is 0 Å². The Kier molecular flexibility index (Phi) is 7.91. The molecule has 1 aliphatic rings. The van der Waals surface area contributed by atoms with E-state index in [1.54, 1.807) is 19.2 Å². The zero-order valence-electron chi connectivity index (χ0n) is 20.4. The summed E-state index contributed by atoms with van der Waals surface area (Å²) in [6.07, 6.45) is 1.32. The van der Waals surface area contributed by atoms with Crippen molar-refractivity contribution < 1.29 is 22.7 Å². The molecule has 36 heavy (non-hydrogen) atoms. The number of ether oxygens (including phenoxy) is 1.